The molecule has 0 amide bonds. The van der Waals surface area contributed by atoms with Crippen LogP contribution >= 0.6 is 11.6 Å². The molecule has 1 heterocycles. The van der Waals surface area contributed by atoms with Crippen LogP contribution in [0.3, 0.4) is 0 Å². The zero-order valence-electron chi connectivity index (χ0n) is 20.2. The molecule has 0 saturated carbocycles. The summed E-state index contributed by atoms with van der Waals surface area (Å²) < 4.78 is 11.5. The molecule has 1 aliphatic heterocycles. The summed E-state index contributed by atoms with van der Waals surface area (Å²) in [6.45, 7) is 3.07. The number of aliphatic hydroxyl groups excluding tert-OH is 3. The second-order valence-electron chi connectivity index (χ2n) is 8.89. The second kappa shape index (κ2) is 12.5. The lowest BCUT2D eigenvalue weighted by Crippen LogP contribution is -2.54. The minimum atomic E-state index is -1.38. The van der Waals surface area contributed by atoms with Crippen molar-refractivity contribution in [3.8, 4) is 5.75 Å². The van der Waals surface area contributed by atoms with Gasteiger partial charge in [0.2, 0.25) is 0 Å². The number of aliphatic imine (C=N–C) groups is 1. The van der Waals surface area contributed by atoms with Crippen LogP contribution in [0.25, 0.3) is 0 Å². The van der Waals surface area contributed by atoms with Crippen molar-refractivity contribution in [1.29, 1.82) is 0 Å². The molecule has 0 aliphatic carbocycles. The minimum absolute atomic E-state index is 0.521. The normalized spacial score (nSPS) is 24.2. The van der Waals surface area contributed by atoms with Gasteiger partial charge in [0.1, 0.15) is 36.3 Å². The number of aliphatic hydroxyl groups is 3. The molecule has 1 aliphatic rings. The molecule has 3 aromatic rings. The van der Waals surface area contributed by atoms with Gasteiger partial charge in [-0.15, -0.1) is 0 Å². The van der Waals surface area contributed by atoms with Crippen molar-refractivity contribution in [2.45, 2.75) is 50.3 Å². The quantitative estimate of drug-likeness (QED) is 0.377. The number of ether oxygens (including phenoxy) is 2. The van der Waals surface area contributed by atoms with Crippen molar-refractivity contribution >= 4 is 17.8 Å². The van der Waals surface area contributed by atoms with E-state index in [0.717, 1.165) is 28.9 Å². The number of nitrogens with zero attached hydrogens (tertiary/aromatic N) is 1. The summed E-state index contributed by atoms with van der Waals surface area (Å²) in [7, 11) is 0. The highest BCUT2D eigenvalue weighted by Crippen LogP contribution is 2.34. The van der Waals surface area contributed by atoms with Crippen LogP contribution in [-0.4, -0.2) is 59.1 Å². The number of halogens is 1. The molecule has 0 unspecified atom stereocenters. The van der Waals surface area contributed by atoms with Crippen LogP contribution in [-0.2, 0) is 17.6 Å². The fraction of sp³-hybridized carbons (Fsp3) is 0.345. The Bertz CT molecular complexity index is 1140. The van der Waals surface area contributed by atoms with Crippen LogP contribution < -0.4 is 4.74 Å². The maximum atomic E-state index is 10.7. The van der Waals surface area contributed by atoms with Crippen LogP contribution in [0.15, 0.2) is 77.8 Å². The molecule has 7 heteroatoms. The Kier molecular flexibility index (Phi) is 9.13. The van der Waals surface area contributed by atoms with E-state index in [1.165, 1.54) is 6.21 Å². The second-order valence-corrected chi connectivity index (χ2v) is 9.30. The number of hydrogen-bond donors (Lipinski definition) is 3. The van der Waals surface area contributed by atoms with Gasteiger partial charge in [-0.05, 0) is 60.2 Å². The molecule has 3 aromatic carbocycles. The largest absolute Gasteiger partial charge is 0.494 e. The Hall–Kier alpha value is -2.74. The minimum Gasteiger partial charge on any atom is -0.494 e. The summed E-state index contributed by atoms with van der Waals surface area (Å²) in [5.74, 6) is 0.809. The average molecular weight is 510 g/mol. The van der Waals surface area contributed by atoms with E-state index in [9.17, 15) is 15.3 Å². The van der Waals surface area contributed by atoms with E-state index >= 15 is 0 Å². The van der Waals surface area contributed by atoms with E-state index < -0.39 is 30.5 Å². The van der Waals surface area contributed by atoms with Gasteiger partial charge in [0.05, 0.1) is 6.61 Å². The smallest absolute Gasteiger partial charge is 0.122 e. The van der Waals surface area contributed by atoms with Gasteiger partial charge in [-0.2, -0.15) is 0 Å². The van der Waals surface area contributed by atoms with Gasteiger partial charge in [0, 0.05) is 17.8 Å². The van der Waals surface area contributed by atoms with Gasteiger partial charge in [-0.1, -0.05) is 66.2 Å². The Morgan fingerprint density at radius 1 is 0.917 bits per heavy atom. The van der Waals surface area contributed by atoms with E-state index in [1.54, 1.807) is 12.1 Å². The topological polar surface area (TPSA) is 91.5 Å². The van der Waals surface area contributed by atoms with E-state index in [0.29, 0.717) is 30.2 Å². The van der Waals surface area contributed by atoms with Crippen LogP contribution in [0.5, 0.6) is 5.75 Å². The number of hydrogen-bond acceptors (Lipinski definition) is 6. The predicted molar refractivity (Wildman–Crippen MR) is 141 cm³/mol. The summed E-state index contributed by atoms with van der Waals surface area (Å²) in [6, 6.07) is 23.2. The first-order valence-corrected chi connectivity index (χ1v) is 12.6. The number of benzene rings is 3. The molecule has 1 fully saturated rings. The summed E-state index contributed by atoms with van der Waals surface area (Å²) in [4.78, 5) is 4.40. The zero-order valence-corrected chi connectivity index (χ0v) is 21.0. The maximum Gasteiger partial charge on any atom is 0.122 e. The first-order chi connectivity index (χ1) is 17.5. The predicted octanol–water partition coefficient (Wildman–Crippen LogP) is 4.17. The first-order valence-electron chi connectivity index (χ1n) is 12.2. The van der Waals surface area contributed by atoms with E-state index in [-0.39, 0.29) is 0 Å². The van der Waals surface area contributed by atoms with Crippen molar-refractivity contribution in [2.75, 3.05) is 13.2 Å². The maximum absolute atomic E-state index is 10.7. The summed E-state index contributed by atoms with van der Waals surface area (Å²) in [6.07, 6.45) is -2.80. The van der Waals surface area contributed by atoms with E-state index in [4.69, 9.17) is 21.1 Å². The van der Waals surface area contributed by atoms with Gasteiger partial charge < -0.3 is 24.8 Å². The summed E-state index contributed by atoms with van der Waals surface area (Å²) in [5, 5.41) is 32.3. The standard InChI is InChI=1S/C29H32ClNO5/c1-2-35-23-11-8-20(9-12-23)16-22-17-21(10-13-24(22)30)29-28(34)27(33)26(32)25(36-29)18-31-15-14-19-6-4-3-5-7-19/h3-13,17-18,25-29,32-34H,2,14-16H2,1H3/t25-,26-,27+,28-,29+/m1/s1. The van der Waals surface area contributed by atoms with Gasteiger partial charge in [-0.25, -0.2) is 0 Å². The van der Waals surface area contributed by atoms with Crippen LogP contribution in [0.2, 0.25) is 5.02 Å². The summed E-state index contributed by atoms with van der Waals surface area (Å²) >= 11 is 6.48. The van der Waals surface area contributed by atoms with Gasteiger partial charge in [-0.3, -0.25) is 4.99 Å². The fourth-order valence-corrected chi connectivity index (χ4v) is 4.50. The molecule has 0 aromatic heterocycles. The highest BCUT2D eigenvalue weighted by atomic mass is 35.5. The van der Waals surface area contributed by atoms with Crippen molar-refractivity contribution in [3.05, 3.63) is 100 Å². The lowest BCUT2D eigenvalue weighted by atomic mass is 9.90. The zero-order chi connectivity index (χ0) is 25.5. The first kappa shape index (κ1) is 26.3. The van der Waals surface area contributed by atoms with E-state index in [2.05, 4.69) is 4.99 Å². The monoisotopic (exact) mass is 509 g/mol. The lowest BCUT2D eigenvalue weighted by molar-refractivity contribution is -0.205. The van der Waals surface area contributed by atoms with Gasteiger partial charge >= 0.3 is 0 Å². The fourth-order valence-electron chi connectivity index (χ4n) is 4.32. The van der Waals surface area contributed by atoms with E-state index in [1.807, 2.05) is 67.6 Å². The van der Waals surface area contributed by atoms with Crippen molar-refractivity contribution in [1.82, 2.24) is 0 Å². The van der Waals surface area contributed by atoms with Crippen molar-refractivity contribution in [2.24, 2.45) is 4.99 Å². The number of rotatable bonds is 9. The van der Waals surface area contributed by atoms with Gasteiger partial charge in [0.15, 0.2) is 0 Å². The van der Waals surface area contributed by atoms with Crippen molar-refractivity contribution in [3.63, 3.8) is 0 Å². The molecule has 0 radical (unpaired) electrons. The third-order valence-electron chi connectivity index (χ3n) is 6.30. The Morgan fingerprint density at radius 2 is 1.67 bits per heavy atom. The molecule has 0 bridgehead atoms. The highest BCUT2D eigenvalue weighted by Gasteiger charge is 2.43. The molecule has 5 atom stereocenters. The molecule has 36 heavy (non-hydrogen) atoms. The Morgan fingerprint density at radius 3 is 2.39 bits per heavy atom. The highest BCUT2D eigenvalue weighted by molar-refractivity contribution is 6.31. The molecule has 4 rings (SSSR count). The average Bonchev–Trinajstić information content (AvgIpc) is 2.89. The van der Waals surface area contributed by atoms with Gasteiger partial charge in [0.25, 0.3) is 0 Å². The molecule has 0 spiro atoms. The molecule has 1 saturated heterocycles. The van der Waals surface area contributed by atoms with Crippen LogP contribution in [0.1, 0.15) is 35.3 Å². The van der Waals surface area contributed by atoms with Crippen LogP contribution in [0.4, 0.5) is 0 Å². The molecular formula is C29H32ClNO5. The third-order valence-corrected chi connectivity index (χ3v) is 6.67. The van der Waals surface area contributed by atoms with Crippen molar-refractivity contribution < 1.29 is 24.8 Å². The molecular weight excluding hydrogens is 478 g/mol. The lowest BCUT2D eigenvalue weighted by Gasteiger charge is -2.39. The molecule has 6 nitrogen and oxygen atoms in total. The SMILES string of the molecule is CCOc1ccc(Cc2cc([C@@H]3O[C@H](C=NCCc4ccccc4)[C@@H](O)[C@H](O)[C@H]3O)ccc2Cl)cc1. The third kappa shape index (κ3) is 6.52. The molecule has 190 valence electrons. The summed E-state index contributed by atoms with van der Waals surface area (Å²) in [5.41, 5.74) is 3.75. The molecule has 3 N–H and O–H groups in total. The Labute approximate surface area is 216 Å². The van der Waals surface area contributed by atoms with Crippen LogP contribution in [0, 0.1) is 0 Å². The Balaban J connectivity index is 1.47.